The minimum absolute atomic E-state index is 0.0761. The second-order valence-corrected chi connectivity index (χ2v) is 5.25. The maximum atomic E-state index is 5.55. The number of rotatable bonds is 2. The predicted octanol–water partition coefficient (Wildman–Crippen LogP) is 3.12. The Morgan fingerprint density at radius 2 is 2.00 bits per heavy atom. The van der Waals surface area contributed by atoms with Gasteiger partial charge in [-0.1, -0.05) is 6.07 Å². The topological polar surface area (TPSA) is 38.0 Å². The first-order valence-corrected chi connectivity index (χ1v) is 5.48. The second kappa shape index (κ2) is 4.32. The molecule has 1 aromatic rings. The molecule has 78 valence electrons. The van der Waals surface area contributed by atoms with Gasteiger partial charge in [-0.2, -0.15) is 0 Å². The molecule has 0 atom stereocenters. The van der Waals surface area contributed by atoms with Crippen molar-refractivity contribution in [3.8, 4) is 0 Å². The molecule has 0 fully saturated rings. The lowest BCUT2D eigenvalue weighted by Crippen LogP contribution is -2.26. The van der Waals surface area contributed by atoms with E-state index in [1.807, 2.05) is 12.1 Å². The third kappa shape index (κ3) is 3.31. The highest BCUT2D eigenvalue weighted by Crippen LogP contribution is 2.26. The van der Waals surface area contributed by atoms with Crippen LogP contribution < -0.4 is 11.1 Å². The lowest BCUT2D eigenvalue weighted by molar-refractivity contribution is 0.633. The molecule has 0 aliphatic rings. The maximum Gasteiger partial charge on any atom is 0.0488 e. The van der Waals surface area contributed by atoms with Gasteiger partial charge in [0, 0.05) is 22.2 Å². The van der Waals surface area contributed by atoms with E-state index in [0.717, 1.165) is 15.7 Å². The van der Waals surface area contributed by atoms with Gasteiger partial charge in [-0.3, -0.25) is 0 Å². The van der Waals surface area contributed by atoms with E-state index in [2.05, 4.69) is 48.1 Å². The molecule has 1 rings (SSSR count). The minimum atomic E-state index is 0.0761. The first kappa shape index (κ1) is 11.5. The summed E-state index contributed by atoms with van der Waals surface area (Å²) in [5.74, 6) is 0. The summed E-state index contributed by atoms with van der Waals surface area (Å²) < 4.78 is 1.07. The first-order chi connectivity index (χ1) is 6.42. The summed E-state index contributed by atoms with van der Waals surface area (Å²) in [6, 6.07) is 6.14. The van der Waals surface area contributed by atoms with Crippen molar-refractivity contribution >= 4 is 21.6 Å². The fourth-order valence-electron chi connectivity index (χ4n) is 1.19. The summed E-state index contributed by atoms with van der Waals surface area (Å²) in [6.07, 6.45) is 0. The zero-order valence-corrected chi connectivity index (χ0v) is 10.5. The first-order valence-electron chi connectivity index (χ1n) is 4.69. The minimum Gasteiger partial charge on any atom is -0.380 e. The molecule has 0 aliphatic heterocycles. The van der Waals surface area contributed by atoms with E-state index in [1.54, 1.807) is 0 Å². The molecule has 0 heterocycles. The van der Waals surface area contributed by atoms with Crippen LogP contribution in [0.15, 0.2) is 22.7 Å². The fraction of sp³-hybridized carbons (Fsp3) is 0.455. The lowest BCUT2D eigenvalue weighted by atomic mass is 10.1. The maximum absolute atomic E-state index is 5.55. The van der Waals surface area contributed by atoms with Gasteiger partial charge in [0.15, 0.2) is 0 Å². The highest BCUT2D eigenvalue weighted by molar-refractivity contribution is 9.10. The van der Waals surface area contributed by atoms with Gasteiger partial charge in [0.05, 0.1) is 0 Å². The fourth-order valence-corrected chi connectivity index (χ4v) is 1.72. The zero-order chi connectivity index (χ0) is 10.8. The van der Waals surface area contributed by atoms with Gasteiger partial charge >= 0.3 is 0 Å². The van der Waals surface area contributed by atoms with E-state index >= 15 is 0 Å². The molecule has 14 heavy (non-hydrogen) atoms. The molecule has 0 radical (unpaired) electrons. The SMILES string of the molecule is CC(C)(C)Nc1ccc(CN)cc1Br. The van der Waals surface area contributed by atoms with E-state index in [1.165, 1.54) is 0 Å². The van der Waals surface area contributed by atoms with Crippen LogP contribution in [0.2, 0.25) is 0 Å². The van der Waals surface area contributed by atoms with Crippen LogP contribution in [0.3, 0.4) is 0 Å². The lowest BCUT2D eigenvalue weighted by Gasteiger charge is -2.23. The van der Waals surface area contributed by atoms with E-state index in [9.17, 15) is 0 Å². The number of anilines is 1. The quantitative estimate of drug-likeness (QED) is 0.854. The summed E-state index contributed by atoms with van der Waals surface area (Å²) in [6.45, 7) is 6.98. The van der Waals surface area contributed by atoms with E-state index in [-0.39, 0.29) is 5.54 Å². The molecular weight excluding hydrogens is 240 g/mol. The Bertz CT molecular complexity index is 316. The van der Waals surface area contributed by atoms with Crippen LogP contribution in [-0.2, 0) is 6.54 Å². The van der Waals surface area contributed by atoms with Crippen molar-refractivity contribution < 1.29 is 0 Å². The molecule has 0 saturated carbocycles. The summed E-state index contributed by atoms with van der Waals surface area (Å²) in [4.78, 5) is 0. The summed E-state index contributed by atoms with van der Waals surface area (Å²) in [5, 5.41) is 3.41. The van der Waals surface area contributed by atoms with Crippen molar-refractivity contribution in [2.75, 3.05) is 5.32 Å². The molecule has 0 unspecified atom stereocenters. The van der Waals surface area contributed by atoms with E-state index in [0.29, 0.717) is 6.54 Å². The van der Waals surface area contributed by atoms with E-state index < -0.39 is 0 Å². The Hall–Kier alpha value is -0.540. The van der Waals surface area contributed by atoms with Crippen LogP contribution in [0, 0.1) is 0 Å². The largest absolute Gasteiger partial charge is 0.380 e. The van der Waals surface area contributed by atoms with E-state index in [4.69, 9.17) is 5.73 Å². The van der Waals surface area contributed by atoms with Gasteiger partial charge < -0.3 is 11.1 Å². The normalized spacial score (nSPS) is 11.5. The molecule has 1 aromatic carbocycles. The Morgan fingerprint density at radius 1 is 1.36 bits per heavy atom. The Labute approximate surface area is 94.0 Å². The molecule has 0 spiro atoms. The molecule has 3 heteroatoms. The third-order valence-electron chi connectivity index (χ3n) is 1.78. The number of nitrogens with two attached hydrogens (primary N) is 1. The number of hydrogen-bond donors (Lipinski definition) is 2. The molecular formula is C11H17BrN2. The molecule has 0 aliphatic carbocycles. The third-order valence-corrected chi connectivity index (χ3v) is 2.43. The standard InChI is InChI=1S/C11H17BrN2/c1-11(2,3)14-10-5-4-8(7-13)6-9(10)12/h4-6,14H,7,13H2,1-3H3. The highest BCUT2D eigenvalue weighted by Gasteiger charge is 2.11. The predicted molar refractivity (Wildman–Crippen MR) is 65.4 cm³/mol. The Balaban J connectivity index is 2.89. The Morgan fingerprint density at radius 3 is 2.43 bits per heavy atom. The van der Waals surface area contributed by atoms with Crippen LogP contribution >= 0.6 is 15.9 Å². The van der Waals surface area contributed by atoms with Crippen molar-refractivity contribution in [3.63, 3.8) is 0 Å². The van der Waals surface area contributed by atoms with Gasteiger partial charge in [-0.25, -0.2) is 0 Å². The van der Waals surface area contributed by atoms with Gasteiger partial charge in [-0.05, 0) is 54.4 Å². The number of benzene rings is 1. The molecule has 0 aromatic heterocycles. The average Bonchev–Trinajstić information content (AvgIpc) is 2.06. The smallest absolute Gasteiger partial charge is 0.0488 e. The molecule has 2 nitrogen and oxygen atoms in total. The van der Waals surface area contributed by atoms with Gasteiger partial charge in [0.1, 0.15) is 0 Å². The second-order valence-electron chi connectivity index (χ2n) is 4.39. The monoisotopic (exact) mass is 256 g/mol. The van der Waals surface area contributed by atoms with Crippen LogP contribution in [0.5, 0.6) is 0 Å². The van der Waals surface area contributed by atoms with Crippen molar-refractivity contribution in [2.24, 2.45) is 5.73 Å². The van der Waals surface area contributed by atoms with Crippen LogP contribution in [0.1, 0.15) is 26.3 Å². The molecule has 0 amide bonds. The van der Waals surface area contributed by atoms with Gasteiger partial charge in [0.25, 0.3) is 0 Å². The average molecular weight is 257 g/mol. The van der Waals surface area contributed by atoms with Gasteiger partial charge in [0.2, 0.25) is 0 Å². The Kier molecular flexibility index (Phi) is 3.56. The van der Waals surface area contributed by atoms with Crippen LogP contribution in [0.4, 0.5) is 5.69 Å². The van der Waals surface area contributed by atoms with Crippen molar-refractivity contribution in [2.45, 2.75) is 32.9 Å². The summed E-state index contributed by atoms with van der Waals surface area (Å²) in [7, 11) is 0. The van der Waals surface area contributed by atoms with Crippen molar-refractivity contribution in [3.05, 3.63) is 28.2 Å². The molecule has 0 saturated heterocycles. The number of halogens is 1. The van der Waals surface area contributed by atoms with Crippen molar-refractivity contribution in [1.82, 2.24) is 0 Å². The van der Waals surface area contributed by atoms with Crippen LogP contribution in [-0.4, -0.2) is 5.54 Å². The molecule has 0 bridgehead atoms. The summed E-state index contributed by atoms with van der Waals surface area (Å²) >= 11 is 3.52. The number of hydrogen-bond acceptors (Lipinski definition) is 2. The molecule has 3 N–H and O–H groups in total. The zero-order valence-electron chi connectivity index (χ0n) is 8.89. The summed E-state index contributed by atoms with van der Waals surface area (Å²) in [5.41, 5.74) is 7.87. The van der Waals surface area contributed by atoms with Crippen molar-refractivity contribution in [1.29, 1.82) is 0 Å². The van der Waals surface area contributed by atoms with Crippen LogP contribution in [0.25, 0.3) is 0 Å². The highest BCUT2D eigenvalue weighted by atomic mass is 79.9. The van der Waals surface area contributed by atoms with Gasteiger partial charge in [-0.15, -0.1) is 0 Å². The number of nitrogens with one attached hydrogen (secondary N) is 1.